The monoisotopic (exact) mass is 432 g/mol. The molecule has 3 amide bonds. The first-order chi connectivity index (χ1) is 14.6. The number of carbonyl (C=O) groups excluding carboxylic acids is 3. The molecule has 1 aromatic carbocycles. The lowest BCUT2D eigenvalue weighted by Gasteiger charge is -2.32. The molecule has 0 heterocycles. The molecule has 3 atom stereocenters. The van der Waals surface area contributed by atoms with Gasteiger partial charge in [0.1, 0.15) is 0 Å². The first-order valence-corrected chi connectivity index (χ1v) is 10.6. The number of carbonyl (C=O) groups is 3. The third kappa shape index (κ3) is 8.51. The van der Waals surface area contributed by atoms with Crippen molar-refractivity contribution < 1.29 is 19.6 Å². The van der Waals surface area contributed by atoms with E-state index in [0.717, 1.165) is 5.56 Å². The normalized spacial score (nSPS) is 14.4. The third-order valence-electron chi connectivity index (χ3n) is 4.87. The summed E-state index contributed by atoms with van der Waals surface area (Å²) in [7, 11) is 0. The molecule has 0 radical (unpaired) electrons. The Morgan fingerprint density at radius 1 is 1.03 bits per heavy atom. The molecule has 31 heavy (non-hydrogen) atoms. The summed E-state index contributed by atoms with van der Waals surface area (Å²) in [6, 6.07) is 8.48. The third-order valence-corrected chi connectivity index (χ3v) is 4.87. The van der Waals surface area contributed by atoms with Gasteiger partial charge < -0.3 is 5.73 Å². The van der Waals surface area contributed by atoms with Crippen molar-refractivity contribution in [3.8, 4) is 0 Å². The molecule has 0 saturated heterocycles. The van der Waals surface area contributed by atoms with Gasteiger partial charge in [0.15, 0.2) is 0 Å². The van der Waals surface area contributed by atoms with Gasteiger partial charge in [0.2, 0.25) is 11.8 Å². The van der Waals surface area contributed by atoms with Crippen LogP contribution in [0, 0.1) is 17.8 Å². The molecule has 0 unspecified atom stereocenters. The molecule has 1 aromatic rings. The highest BCUT2D eigenvalue weighted by Gasteiger charge is 2.35. The van der Waals surface area contributed by atoms with E-state index in [2.05, 4.69) is 5.43 Å². The van der Waals surface area contributed by atoms with E-state index < -0.39 is 35.6 Å². The van der Waals surface area contributed by atoms with E-state index in [1.165, 1.54) is 5.01 Å². The van der Waals surface area contributed by atoms with E-state index in [1.54, 1.807) is 26.3 Å². The highest BCUT2D eigenvalue weighted by atomic mass is 16.5. The van der Waals surface area contributed by atoms with Gasteiger partial charge in [-0.25, -0.2) is 5.48 Å². The zero-order valence-electron chi connectivity index (χ0n) is 19.0. The van der Waals surface area contributed by atoms with Crippen LogP contribution in [0.3, 0.4) is 0 Å². The van der Waals surface area contributed by atoms with Gasteiger partial charge in [0.05, 0.1) is 17.9 Å². The van der Waals surface area contributed by atoms with Gasteiger partial charge in [-0.2, -0.15) is 0 Å². The molecule has 0 aliphatic heterocycles. The van der Waals surface area contributed by atoms with Crippen molar-refractivity contribution in [1.82, 2.24) is 15.9 Å². The van der Waals surface area contributed by atoms with Gasteiger partial charge >= 0.3 is 0 Å². The fourth-order valence-corrected chi connectivity index (χ4v) is 3.27. The second-order valence-corrected chi connectivity index (χ2v) is 8.43. The van der Waals surface area contributed by atoms with Crippen LogP contribution in [0.1, 0.15) is 53.0 Å². The van der Waals surface area contributed by atoms with E-state index in [0.29, 0.717) is 6.42 Å². The van der Waals surface area contributed by atoms with Gasteiger partial charge in [-0.05, 0) is 45.1 Å². The van der Waals surface area contributed by atoms with Crippen LogP contribution in [0.25, 0.3) is 6.08 Å². The minimum Gasteiger partial charge on any atom is -0.320 e. The van der Waals surface area contributed by atoms with Gasteiger partial charge in [-0.3, -0.25) is 30.0 Å². The summed E-state index contributed by atoms with van der Waals surface area (Å²) in [5.74, 6) is -2.98. The first kappa shape index (κ1) is 26.3. The summed E-state index contributed by atoms with van der Waals surface area (Å²) in [5.41, 5.74) is 11.0. The standard InChI is InChI=1S/C23H36N4O4/c1-15(2)14-20(21(28)25-27(16(3)4)23(30)17(5)24)19(22(29)26-31)13-9-12-18-10-7-6-8-11-18/h6-12,15-17,19-20,31H,13-14,24H2,1-5H3,(H,25,28)(H,26,29)/t17-,19+,20-/m1/s1. The van der Waals surface area contributed by atoms with Crippen molar-refractivity contribution in [1.29, 1.82) is 0 Å². The molecule has 8 nitrogen and oxygen atoms in total. The largest absolute Gasteiger partial charge is 0.320 e. The van der Waals surface area contributed by atoms with E-state index in [4.69, 9.17) is 5.73 Å². The van der Waals surface area contributed by atoms with Crippen LogP contribution in [0.5, 0.6) is 0 Å². The maximum absolute atomic E-state index is 13.2. The number of nitrogens with one attached hydrogen (secondary N) is 2. The average molecular weight is 433 g/mol. The topological polar surface area (TPSA) is 125 Å². The summed E-state index contributed by atoms with van der Waals surface area (Å²) in [4.78, 5) is 38.1. The summed E-state index contributed by atoms with van der Waals surface area (Å²) in [5, 5.41) is 10.5. The van der Waals surface area contributed by atoms with E-state index in [9.17, 15) is 19.6 Å². The fourth-order valence-electron chi connectivity index (χ4n) is 3.27. The SMILES string of the molecule is CC(C)C[C@@H](C(=O)NN(C(=O)[C@@H](C)N)C(C)C)[C@H](CC=Cc1ccccc1)C(=O)NO. The molecule has 5 N–H and O–H groups in total. The van der Waals surface area contributed by atoms with Gasteiger partial charge in [0, 0.05) is 6.04 Å². The van der Waals surface area contributed by atoms with Crippen molar-refractivity contribution in [2.75, 3.05) is 0 Å². The van der Waals surface area contributed by atoms with Crippen LogP contribution < -0.4 is 16.6 Å². The summed E-state index contributed by atoms with van der Waals surface area (Å²) in [6.07, 6.45) is 4.32. The minimum atomic E-state index is -0.813. The highest BCUT2D eigenvalue weighted by molar-refractivity contribution is 5.89. The minimum absolute atomic E-state index is 0.111. The van der Waals surface area contributed by atoms with Crippen molar-refractivity contribution in [3.05, 3.63) is 42.0 Å². The van der Waals surface area contributed by atoms with Crippen LogP contribution in [-0.4, -0.2) is 40.0 Å². The van der Waals surface area contributed by atoms with Crippen molar-refractivity contribution in [2.24, 2.45) is 23.5 Å². The van der Waals surface area contributed by atoms with Crippen LogP contribution in [0.15, 0.2) is 36.4 Å². The summed E-state index contributed by atoms with van der Waals surface area (Å²) < 4.78 is 0. The Morgan fingerprint density at radius 3 is 2.13 bits per heavy atom. The smallest absolute Gasteiger partial charge is 0.257 e. The number of hydrazine groups is 1. The number of nitrogens with zero attached hydrogens (tertiary/aromatic N) is 1. The highest BCUT2D eigenvalue weighted by Crippen LogP contribution is 2.25. The van der Waals surface area contributed by atoms with Gasteiger partial charge in [-0.15, -0.1) is 0 Å². The molecule has 1 rings (SSSR count). The van der Waals surface area contributed by atoms with Crippen molar-refractivity contribution in [2.45, 2.75) is 59.5 Å². The number of nitrogens with two attached hydrogens (primary N) is 1. The lowest BCUT2D eigenvalue weighted by atomic mass is 9.82. The predicted octanol–water partition coefficient (Wildman–Crippen LogP) is 2.49. The van der Waals surface area contributed by atoms with Crippen molar-refractivity contribution in [3.63, 3.8) is 0 Å². The zero-order chi connectivity index (χ0) is 23.6. The predicted molar refractivity (Wildman–Crippen MR) is 120 cm³/mol. The Kier molecular flexibility index (Phi) is 10.9. The van der Waals surface area contributed by atoms with E-state index >= 15 is 0 Å². The van der Waals surface area contributed by atoms with E-state index in [1.807, 2.05) is 56.3 Å². The quantitative estimate of drug-likeness (QED) is 0.334. The maximum atomic E-state index is 13.2. The number of allylic oxidation sites excluding steroid dienone is 1. The molecular formula is C23H36N4O4. The Bertz CT molecular complexity index is 747. The second-order valence-electron chi connectivity index (χ2n) is 8.43. The number of rotatable bonds is 10. The molecule has 0 saturated carbocycles. The molecule has 0 spiro atoms. The van der Waals surface area contributed by atoms with Crippen molar-refractivity contribution >= 4 is 23.8 Å². The molecule has 0 aliphatic rings. The number of hydrogen-bond donors (Lipinski definition) is 4. The van der Waals surface area contributed by atoms with E-state index in [-0.39, 0.29) is 18.4 Å². The molecule has 8 heteroatoms. The molecule has 0 aromatic heterocycles. The maximum Gasteiger partial charge on any atom is 0.257 e. The van der Waals surface area contributed by atoms with Gasteiger partial charge in [-0.1, -0.05) is 56.3 Å². The van der Waals surface area contributed by atoms with Crippen LogP contribution in [0.4, 0.5) is 0 Å². The Balaban J connectivity index is 3.13. The molecule has 0 bridgehead atoms. The number of benzene rings is 1. The summed E-state index contributed by atoms with van der Waals surface area (Å²) >= 11 is 0. The van der Waals surface area contributed by atoms with Crippen LogP contribution in [0.2, 0.25) is 0 Å². The Hall–Kier alpha value is -2.71. The molecule has 172 valence electrons. The van der Waals surface area contributed by atoms with Gasteiger partial charge in [0.25, 0.3) is 5.91 Å². The first-order valence-electron chi connectivity index (χ1n) is 10.6. The Morgan fingerprint density at radius 2 is 1.65 bits per heavy atom. The average Bonchev–Trinajstić information content (AvgIpc) is 2.72. The molecule has 0 fully saturated rings. The number of hydrogen-bond acceptors (Lipinski definition) is 5. The summed E-state index contributed by atoms with van der Waals surface area (Å²) in [6.45, 7) is 8.96. The zero-order valence-corrected chi connectivity index (χ0v) is 19.0. The number of hydroxylamine groups is 1. The fraction of sp³-hybridized carbons (Fsp3) is 0.522. The van der Waals surface area contributed by atoms with Crippen LogP contribution in [-0.2, 0) is 14.4 Å². The van der Waals surface area contributed by atoms with Crippen LogP contribution >= 0.6 is 0 Å². The molecule has 0 aliphatic carbocycles. The Labute approximate surface area is 184 Å². The molecular weight excluding hydrogens is 396 g/mol. The second kappa shape index (κ2) is 12.9. The lowest BCUT2D eigenvalue weighted by molar-refractivity contribution is -0.149. The lowest BCUT2D eigenvalue weighted by Crippen LogP contribution is -2.57. The number of amides is 3.